The zero-order valence-corrected chi connectivity index (χ0v) is 16.1. The first kappa shape index (κ1) is 18.6. The van der Waals surface area contributed by atoms with E-state index in [9.17, 15) is 4.79 Å². The molecule has 2 aromatic carbocycles. The molecule has 1 heterocycles. The van der Waals surface area contributed by atoms with Gasteiger partial charge in [0.25, 0.3) is 5.91 Å². The molecule has 2 aromatic rings. The van der Waals surface area contributed by atoms with Gasteiger partial charge in [-0.25, -0.2) is 0 Å². The lowest BCUT2D eigenvalue weighted by molar-refractivity contribution is -0.128. The molecule has 1 amide bonds. The standard InChI is InChI=1S/C21H25ClN2O2/c1-21(2,26-19-12-6-16(22)7-13-19)20(25)23-17-8-10-18(11-9-17)24-14-4-3-5-15-24/h6-13H,3-5,14-15H2,1-2H3,(H,23,25). The third-order valence-electron chi connectivity index (χ3n) is 4.58. The van der Waals surface area contributed by atoms with Gasteiger partial charge in [0.05, 0.1) is 0 Å². The minimum atomic E-state index is -1.00. The highest BCUT2D eigenvalue weighted by Crippen LogP contribution is 2.24. The molecule has 0 aliphatic carbocycles. The maximum absolute atomic E-state index is 12.6. The van der Waals surface area contributed by atoms with Crippen LogP contribution >= 0.6 is 11.6 Å². The van der Waals surface area contributed by atoms with E-state index in [0.717, 1.165) is 18.8 Å². The number of nitrogens with one attached hydrogen (secondary N) is 1. The highest BCUT2D eigenvalue weighted by molar-refractivity contribution is 6.30. The summed E-state index contributed by atoms with van der Waals surface area (Å²) in [7, 11) is 0. The molecular weight excluding hydrogens is 348 g/mol. The quantitative estimate of drug-likeness (QED) is 0.791. The van der Waals surface area contributed by atoms with E-state index in [4.69, 9.17) is 16.3 Å². The summed E-state index contributed by atoms with van der Waals surface area (Å²) in [4.78, 5) is 15.0. The molecule has 5 heteroatoms. The van der Waals surface area contributed by atoms with Crippen LogP contribution in [0.4, 0.5) is 11.4 Å². The number of hydrogen-bond donors (Lipinski definition) is 1. The van der Waals surface area contributed by atoms with Gasteiger partial charge in [-0.3, -0.25) is 4.79 Å². The molecule has 0 aromatic heterocycles. The zero-order valence-electron chi connectivity index (χ0n) is 15.3. The van der Waals surface area contributed by atoms with Crippen molar-refractivity contribution < 1.29 is 9.53 Å². The SMILES string of the molecule is CC(C)(Oc1ccc(Cl)cc1)C(=O)Nc1ccc(N2CCCCC2)cc1. The average Bonchev–Trinajstić information content (AvgIpc) is 2.65. The Morgan fingerprint density at radius 2 is 1.62 bits per heavy atom. The lowest BCUT2D eigenvalue weighted by Gasteiger charge is -2.29. The van der Waals surface area contributed by atoms with Crippen LogP contribution in [0.5, 0.6) is 5.75 Å². The molecule has 1 aliphatic rings. The number of benzene rings is 2. The molecule has 0 unspecified atom stereocenters. The van der Waals surface area contributed by atoms with Crippen molar-refractivity contribution in [2.45, 2.75) is 38.7 Å². The molecule has 138 valence electrons. The van der Waals surface area contributed by atoms with Gasteiger partial charge in [0.15, 0.2) is 5.60 Å². The molecule has 0 radical (unpaired) electrons. The van der Waals surface area contributed by atoms with Crippen LogP contribution in [0, 0.1) is 0 Å². The molecule has 3 rings (SSSR count). The fourth-order valence-electron chi connectivity index (χ4n) is 3.03. The van der Waals surface area contributed by atoms with Crippen molar-refractivity contribution in [1.82, 2.24) is 0 Å². The molecule has 1 fully saturated rings. The number of hydrogen-bond acceptors (Lipinski definition) is 3. The van der Waals surface area contributed by atoms with Crippen molar-refractivity contribution in [3.05, 3.63) is 53.6 Å². The van der Waals surface area contributed by atoms with Crippen molar-refractivity contribution in [1.29, 1.82) is 0 Å². The van der Waals surface area contributed by atoms with E-state index in [1.807, 2.05) is 12.1 Å². The predicted molar refractivity (Wildman–Crippen MR) is 107 cm³/mol. The Morgan fingerprint density at radius 3 is 2.23 bits per heavy atom. The lowest BCUT2D eigenvalue weighted by Crippen LogP contribution is -2.42. The van der Waals surface area contributed by atoms with Crippen LogP contribution < -0.4 is 15.0 Å². The fourth-order valence-corrected chi connectivity index (χ4v) is 3.16. The molecule has 4 nitrogen and oxygen atoms in total. The topological polar surface area (TPSA) is 41.6 Å². The van der Waals surface area contributed by atoms with Crippen molar-refractivity contribution in [2.24, 2.45) is 0 Å². The Hall–Kier alpha value is -2.20. The molecule has 0 spiro atoms. The Morgan fingerprint density at radius 1 is 1.00 bits per heavy atom. The Balaban J connectivity index is 1.61. The van der Waals surface area contributed by atoms with Gasteiger partial charge < -0.3 is 15.0 Å². The number of carbonyl (C=O) groups is 1. The minimum Gasteiger partial charge on any atom is -0.478 e. The largest absolute Gasteiger partial charge is 0.478 e. The molecule has 1 N–H and O–H groups in total. The average molecular weight is 373 g/mol. The van der Waals surface area contributed by atoms with E-state index in [1.54, 1.807) is 38.1 Å². The van der Waals surface area contributed by atoms with Crippen molar-refractivity contribution in [2.75, 3.05) is 23.3 Å². The Kier molecular flexibility index (Phi) is 5.72. The summed E-state index contributed by atoms with van der Waals surface area (Å²) in [5, 5.41) is 3.57. The number of piperidine rings is 1. The maximum Gasteiger partial charge on any atom is 0.267 e. The predicted octanol–water partition coefficient (Wildman–Crippen LogP) is 5.13. The number of ether oxygens (including phenoxy) is 1. The van der Waals surface area contributed by atoms with Crippen LogP contribution in [0.2, 0.25) is 5.02 Å². The van der Waals surface area contributed by atoms with Gasteiger partial charge in [0.2, 0.25) is 0 Å². The van der Waals surface area contributed by atoms with Crippen LogP contribution in [-0.4, -0.2) is 24.6 Å². The summed E-state index contributed by atoms with van der Waals surface area (Å²) in [6.45, 7) is 5.71. The summed E-state index contributed by atoms with van der Waals surface area (Å²) in [6.07, 6.45) is 3.80. The van der Waals surface area contributed by atoms with Gasteiger partial charge in [0, 0.05) is 29.5 Å². The second-order valence-corrected chi connectivity index (χ2v) is 7.55. The van der Waals surface area contributed by atoms with Gasteiger partial charge in [0.1, 0.15) is 5.75 Å². The van der Waals surface area contributed by atoms with Crippen LogP contribution in [0.3, 0.4) is 0 Å². The maximum atomic E-state index is 12.6. The highest BCUT2D eigenvalue weighted by Gasteiger charge is 2.30. The lowest BCUT2D eigenvalue weighted by atomic mass is 10.1. The summed E-state index contributed by atoms with van der Waals surface area (Å²) >= 11 is 5.88. The zero-order chi connectivity index (χ0) is 18.6. The second kappa shape index (κ2) is 8.00. The van der Waals surface area contributed by atoms with E-state index in [1.165, 1.54) is 24.9 Å². The number of nitrogens with zero attached hydrogens (tertiary/aromatic N) is 1. The monoisotopic (exact) mass is 372 g/mol. The number of amides is 1. The molecule has 0 bridgehead atoms. The van der Waals surface area contributed by atoms with E-state index in [2.05, 4.69) is 22.3 Å². The van der Waals surface area contributed by atoms with E-state index in [0.29, 0.717) is 10.8 Å². The van der Waals surface area contributed by atoms with Crippen LogP contribution in [0.25, 0.3) is 0 Å². The van der Waals surface area contributed by atoms with Crippen molar-refractivity contribution in [3.63, 3.8) is 0 Å². The normalized spacial score (nSPS) is 14.8. The summed E-state index contributed by atoms with van der Waals surface area (Å²) in [6, 6.07) is 15.0. The summed E-state index contributed by atoms with van der Waals surface area (Å²) in [5.74, 6) is 0.410. The van der Waals surface area contributed by atoms with Crippen molar-refractivity contribution in [3.8, 4) is 5.75 Å². The first-order valence-electron chi connectivity index (χ1n) is 9.05. The number of rotatable bonds is 5. The third kappa shape index (κ3) is 4.70. The van der Waals surface area contributed by atoms with E-state index < -0.39 is 5.60 Å². The summed E-state index contributed by atoms with van der Waals surface area (Å²) < 4.78 is 5.83. The first-order chi connectivity index (χ1) is 12.4. The fraction of sp³-hybridized carbons (Fsp3) is 0.381. The minimum absolute atomic E-state index is 0.196. The van der Waals surface area contributed by atoms with Crippen LogP contribution in [0.15, 0.2) is 48.5 Å². The van der Waals surface area contributed by atoms with Gasteiger partial charge in [-0.15, -0.1) is 0 Å². The van der Waals surface area contributed by atoms with Gasteiger partial charge in [-0.1, -0.05) is 11.6 Å². The molecule has 26 heavy (non-hydrogen) atoms. The molecular formula is C21H25ClN2O2. The number of anilines is 2. The second-order valence-electron chi connectivity index (χ2n) is 7.11. The molecule has 0 atom stereocenters. The van der Waals surface area contributed by atoms with Crippen LogP contribution in [-0.2, 0) is 4.79 Å². The highest BCUT2D eigenvalue weighted by atomic mass is 35.5. The van der Waals surface area contributed by atoms with E-state index >= 15 is 0 Å². The smallest absolute Gasteiger partial charge is 0.267 e. The third-order valence-corrected chi connectivity index (χ3v) is 4.83. The Bertz CT molecular complexity index is 736. The van der Waals surface area contributed by atoms with Gasteiger partial charge >= 0.3 is 0 Å². The van der Waals surface area contributed by atoms with Crippen molar-refractivity contribution >= 4 is 28.9 Å². The van der Waals surface area contributed by atoms with Gasteiger partial charge in [-0.05, 0) is 81.6 Å². The molecule has 1 aliphatic heterocycles. The number of carbonyl (C=O) groups excluding carboxylic acids is 1. The Labute approximate surface area is 160 Å². The molecule has 1 saturated heterocycles. The van der Waals surface area contributed by atoms with E-state index in [-0.39, 0.29) is 5.91 Å². The molecule has 0 saturated carbocycles. The summed E-state index contributed by atoms with van der Waals surface area (Å²) in [5.41, 5.74) is 0.974. The number of halogens is 1. The first-order valence-corrected chi connectivity index (χ1v) is 9.43. The van der Waals surface area contributed by atoms with Crippen LogP contribution in [0.1, 0.15) is 33.1 Å². The van der Waals surface area contributed by atoms with Gasteiger partial charge in [-0.2, -0.15) is 0 Å².